The molecule has 1 amide bonds. The molecule has 0 atom stereocenters. The number of hydrogen-bond acceptors (Lipinski definition) is 1. The van der Waals surface area contributed by atoms with Gasteiger partial charge in [0.05, 0.1) is 10.6 Å². The van der Waals surface area contributed by atoms with Gasteiger partial charge in [-0.1, -0.05) is 29.8 Å². The van der Waals surface area contributed by atoms with E-state index in [9.17, 15) is 4.79 Å². The molecular weight excluding hydrogens is 234 g/mol. The highest BCUT2D eigenvalue weighted by Gasteiger charge is 2.15. The minimum absolute atomic E-state index is 0.00738. The molecule has 0 aliphatic carbocycles. The van der Waals surface area contributed by atoms with E-state index in [0.29, 0.717) is 23.7 Å². The van der Waals surface area contributed by atoms with Crippen molar-refractivity contribution in [1.29, 1.82) is 0 Å². The Morgan fingerprint density at radius 2 is 2.00 bits per heavy atom. The van der Waals surface area contributed by atoms with Gasteiger partial charge in [0, 0.05) is 13.1 Å². The standard InChI is InChI=1S/C14H18ClNO/c1-4-7-11-8-9-12(13(15)10-11)14(17)16(5-2)6-3/h4,7-10H,5-6H2,1-3H3. The summed E-state index contributed by atoms with van der Waals surface area (Å²) in [4.78, 5) is 13.9. The van der Waals surface area contributed by atoms with Crippen LogP contribution in [0.25, 0.3) is 6.08 Å². The first-order valence-corrected chi connectivity index (χ1v) is 6.23. The number of rotatable bonds is 4. The van der Waals surface area contributed by atoms with E-state index in [2.05, 4.69) is 0 Å². The number of carbonyl (C=O) groups excluding carboxylic acids is 1. The van der Waals surface area contributed by atoms with E-state index in [4.69, 9.17) is 11.6 Å². The fraction of sp³-hybridized carbons (Fsp3) is 0.357. The molecule has 0 aromatic heterocycles. The average Bonchev–Trinajstić information content (AvgIpc) is 2.31. The van der Waals surface area contributed by atoms with Crippen LogP contribution in [0.1, 0.15) is 36.7 Å². The Morgan fingerprint density at radius 3 is 2.47 bits per heavy atom. The molecular formula is C14H18ClNO. The number of amides is 1. The van der Waals surface area contributed by atoms with Crippen molar-refractivity contribution in [3.8, 4) is 0 Å². The van der Waals surface area contributed by atoms with Crippen LogP contribution in [0.4, 0.5) is 0 Å². The van der Waals surface area contributed by atoms with E-state index < -0.39 is 0 Å². The molecule has 0 saturated carbocycles. The molecule has 0 bridgehead atoms. The first-order valence-electron chi connectivity index (χ1n) is 5.85. The summed E-state index contributed by atoms with van der Waals surface area (Å²) < 4.78 is 0. The van der Waals surface area contributed by atoms with E-state index in [1.165, 1.54) is 0 Å². The lowest BCUT2D eigenvalue weighted by atomic mass is 10.1. The van der Waals surface area contributed by atoms with Gasteiger partial charge in [0.15, 0.2) is 0 Å². The number of hydrogen-bond donors (Lipinski definition) is 0. The molecule has 0 spiro atoms. The largest absolute Gasteiger partial charge is 0.339 e. The third kappa shape index (κ3) is 3.34. The number of nitrogens with zero attached hydrogens (tertiary/aromatic N) is 1. The number of halogens is 1. The summed E-state index contributed by atoms with van der Waals surface area (Å²) in [6, 6.07) is 5.51. The van der Waals surface area contributed by atoms with Crippen LogP contribution >= 0.6 is 11.6 Å². The zero-order valence-corrected chi connectivity index (χ0v) is 11.3. The monoisotopic (exact) mass is 251 g/mol. The zero-order valence-electron chi connectivity index (χ0n) is 10.5. The van der Waals surface area contributed by atoms with Crippen LogP contribution in [0, 0.1) is 0 Å². The summed E-state index contributed by atoms with van der Waals surface area (Å²) in [5.41, 5.74) is 1.58. The summed E-state index contributed by atoms with van der Waals surface area (Å²) in [6.07, 6.45) is 3.90. The summed E-state index contributed by atoms with van der Waals surface area (Å²) in [5, 5.41) is 0.512. The Hall–Kier alpha value is -1.28. The molecule has 0 unspecified atom stereocenters. The van der Waals surface area contributed by atoms with E-state index >= 15 is 0 Å². The van der Waals surface area contributed by atoms with E-state index in [-0.39, 0.29) is 5.91 Å². The van der Waals surface area contributed by atoms with Crippen molar-refractivity contribution in [3.05, 3.63) is 40.4 Å². The molecule has 2 nitrogen and oxygen atoms in total. The Balaban J connectivity index is 3.03. The number of allylic oxidation sites excluding steroid dienone is 1. The predicted molar refractivity (Wildman–Crippen MR) is 73.4 cm³/mol. The molecule has 17 heavy (non-hydrogen) atoms. The highest BCUT2D eigenvalue weighted by atomic mass is 35.5. The maximum atomic E-state index is 12.1. The maximum absolute atomic E-state index is 12.1. The van der Waals surface area contributed by atoms with Gasteiger partial charge in [-0.2, -0.15) is 0 Å². The number of benzene rings is 1. The van der Waals surface area contributed by atoms with Crippen molar-refractivity contribution in [3.63, 3.8) is 0 Å². The van der Waals surface area contributed by atoms with E-state index in [1.807, 2.05) is 45.1 Å². The molecule has 0 saturated heterocycles. The Labute approximate surface area is 108 Å². The third-order valence-electron chi connectivity index (χ3n) is 2.63. The summed E-state index contributed by atoms with van der Waals surface area (Å²) in [6.45, 7) is 7.26. The maximum Gasteiger partial charge on any atom is 0.255 e. The van der Waals surface area contributed by atoms with Crippen LogP contribution in [-0.2, 0) is 0 Å². The Kier molecular flexibility index (Phi) is 5.23. The van der Waals surface area contributed by atoms with Gasteiger partial charge in [-0.25, -0.2) is 0 Å². The SMILES string of the molecule is CC=Cc1ccc(C(=O)N(CC)CC)c(Cl)c1. The molecule has 3 heteroatoms. The van der Waals surface area contributed by atoms with Crippen molar-refractivity contribution in [2.45, 2.75) is 20.8 Å². The second-order valence-corrected chi connectivity index (χ2v) is 4.12. The van der Waals surface area contributed by atoms with Crippen LogP contribution in [0.15, 0.2) is 24.3 Å². The Bertz CT molecular complexity index is 422. The lowest BCUT2D eigenvalue weighted by molar-refractivity contribution is 0.0773. The summed E-state index contributed by atoms with van der Waals surface area (Å²) >= 11 is 6.14. The topological polar surface area (TPSA) is 20.3 Å². The van der Waals surface area contributed by atoms with Crippen molar-refractivity contribution in [1.82, 2.24) is 4.90 Å². The first kappa shape index (κ1) is 13.8. The molecule has 0 aliphatic heterocycles. The van der Waals surface area contributed by atoms with Gasteiger partial charge in [-0.15, -0.1) is 0 Å². The lowest BCUT2D eigenvalue weighted by Crippen LogP contribution is -2.30. The zero-order chi connectivity index (χ0) is 12.8. The van der Waals surface area contributed by atoms with Gasteiger partial charge in [-0.05, 0) is 38.5 Å². The summed E-state index contributed by atoms with van der Waals surface area (Å²) in [7, 11) is 0. The third-order valence-corrected chi connectivity index (χ3v) is 2.95. The highest BCUT2D eigenvalue weighted by Crippen LogP contribution is 2.20. The number of carbonyl (C=O) groups is 1. The van der Waals surface area contributed by atoms with E-state index in [0.717, 1.165) is 5.56 Å². The second kappa shape index (κ2) is 6.45. The van der Waals surface area contributed by atoms with Crippen LogP contribution in [0.2, 0.25) is 5.02 Å². The van der Waals surface area contributed by atoms with Crippen molar-refractivity contribution in [2.75, 3.05) is 13.1 Å². The van der Waals surface area contributed by atoms with Crippen molar-refractivity contribution < 1.29 is 4.79 Å². The fourth-order valence-corrected chi connectivity index (χ4v) is 1.95. The van der Waals surface area contributed by atoms with Crippen LogP contribution in [-0.4, -0.2) is 23.9 Å². The van der Waals surface area contributed by atoms with Crippen molar-refractivity contribution >= 4 is 23.6 Å². The van der Waals surface area contributed by atoms with Gasteiger partial charge in [0.1, 0.15) is 0 Å². The summed E-state index contributed by atoms with van der Waals surface area (Å²) in [5.74, 6) is -0.00738. The van der Waals surface area contributed by atoms with Gasteiger partial charge in [0.2, 0.25) is 0 Å². The highest BCUT2D eigenvalue weighted by molar-refractivity contribution is 6.34. The predicted octanol–water partition coefficient (Wildman–Crippen LogP) is 3.86. The average molecular weight is 252 g/mol. The molecule has 92 valence electrons. The molecule has 0 N–H and O–H groups in total. The molecule has 1 aromatic carbocycles. The van der Waals surface area contributed by atoms with Gasteiger partial charge >= 0.3 is 0 Å². The minimum Gasteiger partial charge on any atom is -0.339 e. The molecule has 0 fully saturated rings. The van der Waals surface area contributed by atoms with E-state index in [1.54, 1.807) is 11.0 Å². The lowest BCUT2D eigenvalue weighted by Gasteiger charge is -2.19. The fourth-order valence-electron chi connectivity index (χ4n) is 1.68. The van der Waals surface area contributed by atoms with Crippen LogP contribution < -0.4 is 0 Å². The van der Waals surface area contributed by atoms with Crippen LogP contribution in [0.3, 0.4) is 0 Å². The van der Waals surface area contributed by atoms with Gasteiger partial charge in [-0.3, -0.25) is 4.79 Å². The normalized spacial score (nSPS) is 10.8. The van der Waals surface area contributed by atoms with Gasteiger partial charge in [0.25, 0.3) is 5.91 Å². The first-order chi connectivity index (χ1) is 8.13. The molecule has 0 radical (unpaired) electrons. The Morgan fingerprint density at radius 1 is 1.35 bits per heavy atom. The molecule has 0 aliphatic rings. The molecule has 0 heterocycles. The second-order valence-electron chi connectivity index (χ2n) is 3.72. The van der Waals surface area contributed by atoms with Gasteiger partial charge < -0.3 is 4.90 Å². The van der Waals surface area contributed by atoms with Crippen LogP contribution in [0.5, 0.6) is 0 Å². The quantitative estimate of drug-likeness (QED) is 0.796. The smallest absolute Gasteiger partial charge is 0.255 e. The van der Waals surface area contributed by atoms with Crippen molar-refractivity contribution in [2.24, 2.45) is 0 Å². The molecule has 1 rings (SSSR count). The minimum atomic E-state index is -0.00738. The molecule has 1 aromatic rings.